The Hall–Kier alpha value is -0.590. The van der Waals surface area contributed by atoms with E-state index in [2.05, 4.69) is 14.7 Å². The van der Waals surface area contributed by atoms with Gasteiger partial charge in [0.05, 0.1) is 11.7 Å². The maximum absolute atomic E-state index is 5.43. The number of halogens is 1. The number of aromatic nitrogens is 2. The van der Waals surface area contributed by atoms with E-state index in [0.29, 0.717) is 10.8 Å². The largest absolute Gasteiger partial charge is 0.178 e. The average Bonchev–Trinajstić information content (AvgIpc) is 2.14. The molecule has 1 heterocycles. The fraction of sp³-hybridized carbons (Fsp3) is 0. The van der Waals surface area contributed by atoms with Crippen molar-refractivity contribution in [3.63, 3.8) is 0 Å². The van der Waals surface area contributed by atoms with E-state index in [4.69, 9.17) is 18.0 Å². The SMILES string of the molecule is C#Cc1nsnc1Cl. The van der Waals surface area contributed by atoms with Crippen molar-refractivity contribution < 1.29 is 0 Å². The van der Waals surface area contributed by atoms with Crippen molar-refractivity contribution in [2.75, 3.05) is 0 Å². The third kappa shape index (κ3) is 0.808. The first-order chi connectivity index (χ1) is 3.84. The van der Waals surface area contributed by atoms with E-state index in [-0.39, 0.29) is 0 Å². The summed E-state index contributed by atoms with van der Waals surface area (Å²) < 4.78 is 7.34. The summed E-state index contributed by atoms with van der Waals surface area (Å²) in [5.41, 5.74) is 0.427. The van der Waals surface area contributed by atoms with Crippen LogP contribution in [0.3, 0.4) is 0 Å². The first kappa shape index (κ1) is 5.54. The van der Waals surface area contributed by atoms with Gasteiger partial charge in [-0.25, -0.2) is 0 Å². The summed E-state index contributed by atoms with van der Waals surface area (Å²) in [4.78, 5) is 0. The van der Waals surface area contributed by atoms with Crippen molar-refractivity contribution in [1.29, 1.82) is 0 Å². The number of hydrogen-bond acceptors (Lipinski definition) is 3. The number of nitrogens with zero attached hydrogens (tertiary/aromatic N) is 2. The van der Waals surface area contributed by atoms with Crippen LogP contribution < -0.4 is 0 Å². The van der Waals surface area contributed by atoms with Gasteiger partial charge in [0.15, 0.2) is 10.8 Å². The van der Waals surface area contributed by atoms with E-state index in [9.17, 15) is 0 Å². The second-order valence-electron chi connectivity index (χ2n) is 1.05. The van der Waals surface area contributed by atoms with Gasteiger partial charge in [0.2, 0.25) is 0 Å². The van der Waals surface area contributed by atoms with E-state index >= 15 is 0 Å². The normalized spacial score (nSPS) is 8.50. The van der Waals surface area contributed by atoms with Gasteiger partial charge < -0.3 is 0 Å². The highest BCUT2D eigenvalue weighted by Gasteiger charge is 1.97. The molecule has 0 aliphatic heterocycles. The van der Waals surface area contributed by atoms with Crippen molar-refractivity contribution in [3.8, 4) is 12.3 Å². The van der Waals surface area contributed by atoms with Crippen LogP contribution in [0.1, 0.15) is 5.69 Å². The Labute approximate surface area is 55.8 Å². The highest BCUT2D eigenvalue weighted by atomic mass is 35.5. The molecule has 0 bridgehead atoms. The molecule has 2 nitrogen and oxygen atoms in total. The zero-order chi connectivity index (χ0) is 5.98. The molecule has 0 aromatic carbocycles. The van der Waals surface area contributed by atoms with Crippen LogP contribution in [0.2, 0.25) is 5.15 Å². The molecule has 0 amide bonds. The van der Waals surface area contributed by atoms with E-state index in [1.165, 1.54) is 0 Å². The highest BCUT2D eigenvalue weighted by Crippen LogP contribution is 2.09. The van der Waals surface area contributed by atoms with Crippen molar-refractivity contribution in [2.24, 2.45) is 0 Å². The number of rotatable bonds is 0. The lowest BCUT2D eigenvalue weighted by Gasteiger charge is -1.72. The van der Waals surface area contributed by atoms with Gasteiger partial charge in [-0.3, -0.25) is 0 Å². The maximum atomic E-state index is 5.43. The molecule has 8 heavy (non-hydrogen) atoms. The van der Waals surface area contributed by atoms with Crippen LogP contribution in [0.5, 0.6) is 0 Å². The summed E-state index contributed by atoms with van der Waals surface area (Å²) in [6.45, 7) is 0. The molecule has 0 saturated carbocycles. The van der Waals surface area contributed by atoms with Crippen LogP contribution in [-0.2, 0) is 0 Å². The number of terminal acetylenes is 1. The first-order valence-corrected chi connectivity index (χ1v) is 2.90. The summed E-state index contributed by atoms with van der Waals surface area (Å²) in [6.07, 6.45) is 4.96. The minimum Gasteiger partial charge on any atom is -0.163 e. The van der Waals surface area contributed by atoms with Gasteiger partial charge >= 0.3 is 0 Å². The molecule has 0 spiro atoms. The summed E-state index contributed by atoms with van der Waals surface area (Å²) in [5.74, 6) is 2.28. The van der Waals surface area contributed by atoms with Crippen molar-refractivity contribution >= 4 is 23.3 Å². The van der Waals surface area contributed by atoms with E-state index in [1.807, 2.05) is 0 Å². The molecule has 0 aliphatic rings. The second kappa shape index (κ2) is 2.12. The summed E-state index contributed by atoms with van der Waals surface area (Å²) in [5, 5.41) is 0.317. The van der Waals surface area contributed by atoms with Gasteiger partial charge in [-0.15, -0.1) is 6.42 Å². The minimum atomic E-state index is 0.317. The Morgan fingerprint density at radius 2 is 2.38 bits per heavy atom. The van der Waals surface area contributed by atoms with Crippen molar-refractivity contribution in [2.45, 2.75) is 0 Å². The zero-order valence-electron chi connectivity index (χ0n) is 3.76. The molecule has 0 fully saturated rings. The molecule has 0 N–H and O–H groups in total. The molecule has 0 aliphatic carbocycles. The third-order valence-electron chi connectivity index (χ3n) is 0.585. The smallest absolute Gasteiger partial charge is 0.163 e. The average molecular weight is 145 g/mol. The molecular formula is C4HClN2S. The van der Waals surface area contributed by atoms with Gasteiger partial charge in [-0.1, -0.05) is 11.6 Å². The Morgan fingerprint density at radius 1 is 1.62 bits per heavy atom. The van der Waals surface area contributed by atoms with Gasteiger partial charge in [-0.2, -0.15) is 8.75 Å². The molecular weight excluding hydrogens is 144 g/mol. The molecule has 0 unspecified atom stereocenters. The maximum Gasteiger partial charge on any atom is 0.178 e. The lowest BCUT2D eigenvalue weighted by atomic mass is 10.5. The molecule has 1 rings (SSSR count). The molecule has 0 radical (unpaired) electrons. The predicted octanol–water partition coefficient (Wildman–Crippen LogP) is 1.17. The van der Waals surface area contributed by atoms with E-state index in [1.54, 1.807) is 0 Å². The minimum absolute atomic E-state index is 0.317. The topological polar surface area (TPSA) is 25.8 Å². The van der Waals surface area contributed by atoms with Gasteiger partial charge in [0.25, 0.3) is 0 Å². The third-order valence-corrected chi connectivity index (χ3v) is 1.48. The van der Waals surface area contributed by atoms with Crippen molar-refractivity contribution in [3.05, 3.63) is 10.8 Å². The Balaban J connectivity index is 3.15. The summed E-state index contributed by atoms with van der Waals surface area (Å²) in [7, 11) is 0. The molecule has 4 heteroatoms. The van der Waals surface area contributed by atoms with Crippen LogP contribution in [0, 0.1) is 12.3 Å². The van der Waals surface area contributed by atoms with Gasteiger partial charge in [-0.05, 0) is 5.92 Å². The molecule has 0 atom stereocenters. The summed E-state index contributed by atoms with van der Waals surface area (Å²) >= 11 is 6.45. The van der Waals surface area contributed by atoms with Gasteiger partial charge in [0.1, 0.15) is 0 Å². The first-order valence-electron chi connectivity index (χ1n) is 1.79. The van der Waals surface area contributed by atoms with Crippen molar-refractivity contribution in [1.82, 2.24) is 8.75 Å². The van der Waals surface area contributed by atoms with Crippen LogP contribution in [0.4, 0.5) is 0 Å². The van der Waals surface area contributed by atoms with Crippen LogP contribution in [0.15, 0.2) is 0 Å². The quantitative estimate of drug-likeness (QED) is 0.511. The Kier molecular flexibility index (Phi) is 1.47. The van der Waals surface area contributed by atoms with Crippen LogP contribution >= 0.6 is 23.3 Å². The van der Waals surface area contributed by atoms with E-state index in [0.717, 1.165) is 11.7 Å². The monoisotopic (exact) mass is 144 g/mol. The predicted molar refractivity (Wildman–Crippen MR) is 32.9 cm³/mol. The second-order valence-corrected chi connectivity index (χ2v) is 1.93. The molecule has 1 aromatic rings. The van der Waals surface area contributed by atoms with Crippen LogP contribution in [-0.4, -0.2) is 8.75 Å². The Morgan fingerprint density at radius 3 is 2.62 bits per heavy atom. The standard InChI is InChI=1S/C4HClN2S/c1-2-3-4(5)7-8-6-3/h1H. The highest BCUT2D eigenvalue weighted by molar-refractivity contribution is 6.99. The fourth-order valence-electron chi connectivity index (χ4n) is 0.264. The Bertz CT molecular complexity index is 224. The molecule has 1 aromatic heterocycles. The lowest BCUT2D eigenvalue weighted by molar-refractivity contribution is 1.47. The van der Waals surface area contributed by atoms with E-state index < -0.39 is 0 Å². The van der Waals surface area contributed by atoms with Gasteiger partial charge in [0, 0.05) is 0 Å². The summed E-state index contributed by atoms with van der Waals surface area (Å²) in [6, 6.07) is 0. The molecule has 40 valence electrons. The molecule has 0 saturated heterocycles. The van der Waals surface area contributed by atoms with Crippen LogP contribution in [0.25, 0.3) is 0 Å². The fourth-order valence-corrected chi connectivity index (χ4v) is 0.923. The number of hydrogen-bond donors (Lipinski definition) is 0. The zero-order valence-corrected chi connectivity index (χ0v) is 5.33. The lowest BCUT2D eigenvalue weighted by Crippen LogP contribution is -1.69.